The van der Waals surface area contributed by atoms with Gasteiger partial charge >= 0.3 is 5.97 Å². The monoisotopic (exact) mass is 249 g/mol. The minimum absolute atomic E-state index is 0.185. The Morgan fingerprint density at radius 3 is 2.67 bits per heavy atom. The van der Waals surface area contributed by atoms with Gasteiger partial charge in [-0.15, -0.1) is 0 Å². The number of hydrogen-bond donors (Lipinski definition) is 2. The molecule has 0 fully saturated rings. The van der Waals surface area contributed by atoms with Gasteiger partial charge in [0.1, 0.15) is 0 Å². The van der Waals surface area contributed by atoms with Gasteiger partial charge in [0.25, 0.3) is 0 Å². The molecule has 0 aliphatic carbocycles. The summed E-state index contributed by atoms with van der Waals surface area (Å²) < 4.78 is 0. The summed E-state index contributed by atoms with van der Waals surface area (Å²) in [5.74, 6) is -0.167. The number of carboxylic acids is 1. The average molecular weight is 249 g/mol. The van der Waals surface area contributed by atoms with Crippen molar-refractivity contribution in [1.82, 2.24) is 0 Å². The smallest absolute Gasteiger partial charge is 0.303 e. The summed E-state index contributed by atoms with van der Waals surface area (Å²) in [6, 6.07) is 8.50. The molecule has 100 valence electrons. The largest absolute Gasteiger partial charge is 0.481 e. The molecule has 0 aliphatic heterocycles. The Morgan fingerprint density at radius 1 is 1.39 bits per heavy atom. The molecule has 0 aliphatic rings. The van der Waals surface area contributed by atoms with Gasteiger partial charge in [0, 0.05) is 18.2 Å². The summed E-state index contributed by atoms with van der Waals surface area (Å²) in [4.78, 5) is 10.6. The molecular weight excluding hydrogens is 226 g/mol. The number of nitrogens with one attached hydrogen (secondary N) is 1. The average Bonchev–Trinajstić information content (AvgIpc) is 2.33. The van der Waals surface area contributed by atoms with Crippen LogP contribution in [0.2, 0.25) is 0 Å². The van der Waals surface area contributed by atoms with Crippen molar-refractivity contribution in [2.45, 2.75) is 46.1 Å². The number of carboxylic acid groups (broad SMARTS) is 1. The molecule has 0 heterocycles. The van der Waals surface area contributed by atoms with E-state index in [1.165, 1.54) is 0 Å². The Hall–Kier alpha value is -1.51. The number of anilines is 1. The van der Waals surface area contributed by atoms with Crippen LogP contribution in [0.5, 0.6) is 0 Å². The Bertz CT molecular complexity index is 388. The number of aryl methyl sites for hydroxylation is 1. The quantitative estimate of drug-likeness (QED) is 0.777. The van der Waals surface area contributed by atoms with E-state index in [1.807, 2.05) is 24.3 Å². The van der Waals surface area contributed by atoms with Gasteiger partial charge in [-0.3, -0.25) is 4.79 Å². The summed E-state index contributed by atoms with van der Waals surface area (Å²) >= 11 is 0. The third-order valence-electron chi connectivity index (χ3n) is 3.15. The molecule has 3 heteroatoms. The second-order valence-corrected chi connectivity index (χ2v) is 5.00. The zero-order valence-electron chi connectivity index (χ0n) is 11.4. The van der Waals surface area contributed by atoms with Crippen molar-refractivity contribution in [3.05, 3.63) is 29.8 Å². The first-order valence-corrected chi connectivity index (χ1v) is 6.60. The molecule has 0 saturated heterocycles. The molecule has 0 spiro atoms. The molecule has 0 radical (unpaired) electrons. The molecule has 0 saturated carbocycles. The maximum atomic E-state index is 10.6. The zero-order chi connectivity index (χ0) is 13.5. The molecule has 1 aromatic rings. The lowest BCUT2D eigenvalue weighted by Crippen LogP contribution is -2.24. The molecule has 1 unspecified atom stereocenters. The lowest BCUT2D eigenvalue weighted by molar-refractivity contribution is -0.136. The first kappa shape index (κ1) is 14.6. The van der Waals surface area contributed by atoms with Gasteiger partial charge < -0.3 is 10.4 Å². The van der Waals surface area contributed by atoms with E-state index < -0.39 is 5.97 Å². The number of hydrogen-bond acceptors (Lipinski definition) is 2. The van der Waals surface area contributed by atoms with Gasteiger partial charge in [0.15, 0.2) is 0 Å². The first-order valence-electron chi connectivity index (χ1n) is 6.60. The van der Waals surface area contributed by atoms with Crippen molar-refractivity contribution in [3.8, 4) is 0 Å². The number of rotatable bonds is 7. The van der Waals surface area contributed by atoms with Crippen molar-refractivity contribution < 1.29 is 9.90 Å². The summed E-state index contributed by atoms with van der Waals surface area (Å²) in [7, 11) is 0. The van der Waals surface area contributed by atoms with E-state index in [0.29, 0.717) is 18.4 Å². The van der Waals surface area contributed by atoms with Crippen LogP contribution in [0.25, 0.3) is 0 Å². The molecule has 18 heavy (non-hydrogen) atoms. The third kappa shape index (κ3) is 4.78. The van der Waals surface area contributed by atoms with Gasteiger partial charge in [0.05, 0.1) is 0 Å². The van der Waals surface area contributed by atoms with Crippen LogP contribution in [0.15, 0.2) is 24.3 Å². The lowest BCUT2D eigenvalue weighted by Gasteiger charge is -2.22. The lowest BCUT2D eigenvalue weighted by atomic mass is 10.0. The van der Waals surface area contributed by atoms with Crippen LogP contribution in [0.3, 0.4) is 0 Å². The fourth-order valence-electron chi connectivity index (χ4n) is 2.02. The van der Waals surface area contributed by atoms with Crippen LogP contribution < -0.4 is 5.32 Å². The SMILES string of the molecule is CCC(Nc1cccc(CCC(=O)O)c1)C(C)C. The van der Waals surface area contributed by atoms with Gasteiger partial charge in [-0.2, -0.15) is 0 Å². The molecular formula is C15H23NO2. The van der Waals surface area contributed by atoms with Crippen LogP contribution in [0.4, 0.5) is 5.69 Å². The van der Waals surface area contributed by atoms with Crippen molar-refractivity contribution in [2.24, 2.45) is 5.92 Å². The summed E-state index contributed by atoms with van der Waals surface area (Å²) in [6.07, 6.45) is 1.85. The topological polar surface area (TPSA) is 49.3 Å². The van der Waals surface area contributed by atoms with E-state index in [1.54, 1.807) is 0 Å². The maximum Gasteiger partial charge on any atom is 0.303 e. The highest BCUT2D eigenvalue weighted by molar-refractivity contribution is 5.67. The normalized spacial score (nSPS) is 12.4. The standard InChI is InChI=1S/C15H23NO2/c1-4-14(11(2)3)16-13-7-5-6-12(10-13)8-9-15(17)18/h5-7,10-11,14,16H,4,8-9H2,1-3H3,(H,17,18). The number of carbonyl (C=O) groups is 1. The van der Waals surface area contributed by atoms with Crippen molar-refractivity contribution in [3.63, 3.8) is 0 Å². The highest BCUT2D eigenvalue weighted by Crippen LogP contribution is 2.17. The highest BCUT2D eigenvalue weighted by atomic mass is 16.4. The number of benzene rings is 1. The Morgan fingerprint density at radius 2 is 2.11 bits per heavy atom. The predicted octanol–water partition coefficient (Wildman–Crippen LogP) is 3.55. The van der Waals surface area contributed by atoms with Crippen molar-refractivity contribution >= 4 is 11.7 Å². The summed E-state index contributed by atoms with van der Waals surface area (Å²) in [6.45, 7) is 6.58. The number of aliphatic carboxylic acids is 1. The second-order valence-electron chi connectivity index (χ2n) is 5.00. The third-order valence-corrected chi connectivity index (χ3v) is 3.15. The Kier molecular flexibility index (Phi) is 5.69. The van der Waals surface area contributed by atoms with E-state index in [-0.39, 0.29) is 6.42 Å². The molecule has 0 amide bonds. The van der Waals surface area contributed by atoms with Crippen LogP contribution in [-0.4, -0.2) is 17.1 Å². The first-order chi connectivity index (χ1) is 8.52. The fraction of sp³-hybridized carbons (Fsp3) is 0.533. The Balaban J connectivity index is 2.66. The fourth-order valence-corrected chi connectivity index (χ4v) is 2.02. The van der Waals surface area contributed by atoms with Crippen LogP contribution in [0, 0.1) is 5.92 Å². The second kappa shape index (κ2) is 7.04. The van der Waals surface area contributed by atoms with Gasteiger partial charge in [0.2, 0.25) is 0 Å². The predicted molar refractivity (Wildman–Crippen MR) is 74.9 cm³/mol. The summed E-state index contributed by atoms with van der Waals surface area (Å²) in [5.41, 5.74) is 2.15. The molecule has 2 N–H and O–H groups in total. The van der Waals surface area contributed by atoms with Crippen LogP contribution in [0.1, 0.15) is 39.2 Å². The van der Waals surface area contributed by atoms with E-state index in [0.717, 1.165) is 17.7 Å². The molecule has 1 atom stereocenters. The van der Waals surface area contributed by atoms with E-state index >= 15 is 0 Å². The molecule has 0 bridgehead atoms. The van der Waals surface area contributed by atoms with E-state index in [4.69, 9.17) is 5.11 Å². The minimum atomic E-state index is -0.748. The van der Waals surface area contributed by atoms with Gasteiger partial charge in [-0.05, 0) is 36.5 Å². The maximum absolute atomic E-state index is 10.6. The summed E-state index contributed by atoms with van der Waals surface area (Å²) in [5, 5.41) is 12.2. The van der Waals surface area contributed by atoms with Crippen LogP contribution >= 0.6 is 0 Å². The van der Waals surface area contributed by atoms with Gasteiger partial charge in [-0.25, -0.2) is 0 Å². The van der Waals surface area contributed by atoms with E-state index in [9.17, 15) is 4.79 Å². The van der Waals surface area contributed by atoms with Crippen LogP contribution in [-0.2, 0) is 11.2 Å². The molecule has 0 aromatic heterocycles. The molecule has 1 aromatic carbocycles. The van der Waals surface area contributed by atoms with Gasteiger partial charge in [-0.1, -0.05) is 32.9 Å². The minimum Gasteiger partial charge on any atom is -0.481 e. The zero-order valence-corrected chi connectivity index (χ0v) is 11.4. The highest BCUT2D eigenvalue weighted by Gasteiger charge is 2.10. The molecule has 1 rings (SSSR count). The molecule has 3 nitrogen and oxygen atoms in total. The van der Waals surface area contributed by atoms with Crippen molar-refractivity contribution in [2.75, 3.05) is 5.32 Å². The van der Waals surface area contributed by atoms with E-state index in [2.05, 4.69) is 26.1 Å². The van der Waals surface area contributed by atoms with Crippen molar-refractivity contribution in [1.29, 1.82) is 0 Å². The Labute approximate surface area is 109 Å².